The third-order valence-corrected chi connectivity index (χ3v) is 4.03. The van der Waals surface area contributed by atoms with E-state index < -0.39 is 0 Å². The lowest BCUT2D eigenvalue weighted by Crippen LogP contribution is -2.49. The molecule has 1 aliphatic rings. The quantitative estimate of drug-likeness (QED) is 0.917. The summed E-state index contributed by atoms with van der Waals surface area (Å²) in [5, 5.41) is 7.00. The monoisotopic (exact) mass is 284 g/mol. The standard InChI is InChI=1S/C16H20N4O/c1-12-15(13(2)18-17-12)16(21)20-10-8-19(9-11-20)14-6-4-3-5-7-14/h3-7H,8-11H2,1-2H3,(H,17,18). The van der Waals surface area contributed by atoms with Crippen molar-refractivity contribution in [2.45, 2.75) is 13.8 Å². The molecular formula is C16H20N4O. The van der Waals surface area contributed by atoms with E-state index in [4.69, 9.17) is 0 Å². The maximum Gasteiger partial charge on any atom is 0.257 e. The van der Waals surface area contributed by atoms with Crippen molar-refractivity contribution in [1.82, 2.24) is 15.1 Å². The fourth-order valence-corrected chi connectivity index (χ4v) is 2.83. The minimum absolute atomic E-state index is 0.0893. The molecule has 0 atom stereocenters. The normalized spacial score (nSPS) is 15.3. The SMILES string of the molecule is Cc1n[nH]c(C)c1C(=O)N1CCN(c2ccccc2)CC1. The van der Waals surface area contributed by atoms with Crippen LogP contribution in [0.1, 0.15) is 21.7 Å². The summed E-state index contributed by atoms with van der Waals surface area (Å²) < 4.78 is 0. The summed E-state index contributed by atoms with van der Waals surface area (Å²) in [6.45, 7) is 7.00. The predicted octanol–water partition coefficient (Wildman–Crippen LogP) is 1.99. The first-order valence-corrected chi connectivity index (χ1v) is 7.27. The summed E-state index contributed by atoms with van der Waals surface area (Å²) in [5.41, 5.74) is 3.58. The summed E-state index contributed by atoms with van der Waals surface area (Å²) in [5.74, 6) is 0.0893. The molecule has 0 radical (unpaired) electrons. The van der Waals surface area contributed by atoms with E-state index in [1.165, 1.54) is 5.69 Å². The average Bonchev–Trinajstić information content (AvgIpc) is 2.87. The Labute approximate surface area is 124 Å². The molecule has 1 N–H and O–H groups in total. The molecule has 1 amide bonds. The number of benzene rings is 1. The van der Waals surface area contributed by atoms with E-state index in [1.54, 1.807) is 0 Å². The molecule has 1 aliphatic heterocycles. The van der Waals surface area contributed by atoms with Gasteiger partial charge in [0.2, 0.25) is 0 Å². The first-order valence-electron chi connectivity index (χ1n) is 7.27. The van der Waals surface area contributed by atoms with Gasteiger partial charge in [-0.3, -0.25) is 9.89 Å². The molecule has 21 heavy (non-hydrogen) atoms. The van der Waals surface area contributed by atoms with Crippen molar-refractivity contribution in [3.05, 3.63) is 47.3 Å². The van der Waals surface area contributed by atoms with Gasteiger partial charge in [-0.2, -0.15) is 5.10 Å². The van der Waals surface area contributed by atoms with Gasteiger partial charge in [-0.15, -0.1) is 0 Å². The van der Waals surface area contributed by atoms with Gasteiger partial charge in [0.1, 0.15) is 0 Å². The minimum atomic E-state index is 0.0893. The molecular weight excluding hydrogens is 264 g/mol. The highest BCUT2D eigenvalue weighted by atomic mass is 16.2. The van der Waals surface area contributed by atoms with Gasteiger partial charge in [0.15, 0.2) is 0 Å². The highest BCUT2D eigenvalue weighted by Gasteiger charge is 2.25. The van der Waals surface area contributed by atoms with Crippen LogP contribution in [0.15, 0.2) is 30.3 Å². The highest BCUT2D eigenvalue weighted by Crippen LogP contribution is 2.18. The van der Waals surface area contributed by atoms with E-state index in [0.717, 1.165) is 43.1 Å². The number of aromatic nitrogens is 2. The first kappa shape index (κ1) is 13.7. The zero-order valence-electron chi connectivity index (χ0n) is 12.5. The predicted molar refractivity (Wildman–Crippen MR) is 82.6 cm³/mol. The topological polar surface area (TPSA) is 52.2 Å². The number of nitrogens with one attached hydrogen (secondary N) is 1. The molecule has 0 aliphatic carbocycles. The summed E-state index contributed by atoms with van der Waals surface area (Å²) in [6.07, 6.45) is 0. The van der Waals surface area contributed by atoms with Crippen molar-refractivity contribution in [3.63, 3.8) is 0 Å². The van der Waals surface area contributed by atoms with Crippen LogP contribution in [0.3, 0.4) is 0 Å². The van der Waals surface area contributed by atoms with Crippen LogP contribution in [0.4, 0.5) is 5.69 Å². The van der Waals surface area contributed by atoms with Gasteiger partial charge in [0, 0.05) is 37.6 Å². The van der Waals surface area contributed by atoms with Crippen molar-refractivity contribution >= 4 is 11.6 Å². The number of hydrogen-bond donors (Lipinski definition) is 1. The van der Waals surface area contributed by atoms with Crippen molar-refractivity contribution < 1.29 is 4.79 Å². The van der Waals surface area contributed by atoms with Gasteiger partial charge in [-0.05, 0) is 26.0 Å². The molecule has 5 nitrogen and oxygen atoms in total. The molecule has 3 rings (SSSR count). The first-order chi connectivity index (χ1) is 10.2. The Kier molecular flexibility index (Phi) is 3.64. The lowest BCUT2D eigenvalue weighted by Gasteiger charge is -2.36. The third kappa shape index (κ3) is 2.63. The van der Waals surface area contributed by atoms with E-state index in [0.29, 0.717) is 0 Å². The van der Waals surface area contributed by atoms with E-state index in [2.05, 4.69) is 27.2 Å². The van der Waals surface area contributed by atoms with Crippen LogP contribution in [-0.2, 0) is 0 Å². The smallest absolute Gasteiger partial charge is 0.257 e. The summed E-state index contributed by atoms with van der Waals surface area (Å²) in [4.78, 5) is 16.8. The number of carbonyl (C=O) groups excluding carboxylic acids is 1. The number of piperazine rings is 1. The van der Waals surface area contributed by atoms with Gasteiger partial charge in [-0.25, -0.2) is 0 Å². The number of para-hydroxylation sites is 1. The second-order valence-electron chi connectivity index (χ2n) is 5.42. The fraction of sp³-hybridized carbons (Fsp3) is 0.375. The maximum absolute atomic E-state index is 12.6. The minimum Gasteiger partial charge on any atom is -0.368 e. The molecule has 0 saturated carbocycles. The molecule has 1 saturated heterocycles. The molecule has 2 aromatic rings. The molecule has 1 aromatic heterocycles. The molecule has 1 fully saturated rings. The third-order valence-electron chi connectivity index (χ3n) is 4.03. The number of nitrogens with zero attached hydrogens (tertiary/aromatic N) is 3. The summed E-state index contributed by atoms with van der Waals surface area (Å²) in [6, 6.07) is 10.3. The van der Waals surface area contributed by atoms with E-state index in [9.17, 15) is 4.79 Å². The van der Waals surface area contributed by atoms with Gasteiger partial charge >= 0.3 is 0 Å². The Balaban J connectivity index is 1.68. The van der Waals surface area contributed by atoms with Crippen molar-refractivity contribution in [3.8, 4) is 0 Å². The van der Waals surface area contributed by atoms with E-state index >= 15 is 0 Å². The zero-order chi connectivity index (χ0) is 14.8. The fourth-order valence-electron chi connectivity index (χ4n) is 2.83. The van der Waals surface area contributed by atoms with Crippen LogP contribution in [0.5, 0.6) is 0 Å². The Bertz CT molecular complexity index is 607. The van der Waals surface area contributed by atoms with E-state index in [-0.39, 0.29) is 5.91 Å². The number of H-pyrrole nitrogens is 1. The Morgan fingerprint density at radius 1 is 1.10 bits per heavy atom. The van der Waals surface area contributed by atoms with Gasteiger partial charge in [0.05, 0.1) is 11.3 Å². The van der Waals surface area contributed by atoms with Gasteiger partial charge in [-0.1, -0.05) is 18.2 Å². The highest BCUT2D eigenvalue weighted by molar-refractivity contribution is 5.96. The van der Waals surface area contributed by atoms with Gasteiger partial charge < -0.3 is 9.80 Å². The Hall–Kier alpha value is -2.30. The lowest BCUT2D eigenvalue weighted by molar-refractivity contribution is 0.0745. The molecule has 5 heteroatoms. The summed E-state index contributed by atoms with van der Waals surface area (Å²) in [7, 11) is 0. The Morgan fingerprint density at radius 3 is 2.33 bits per heavy atom. The van der Waals surface area contributed by atoms with Crippen LogP contribution in [0, 0.1) is 13.8 Å². The van der Waals surface area contributed by atoms with Crippen LogP contribution in [0.2, 0.25) is 0 Å². The number of aromatic amines is 1. The zero-order valence-corrected chi connectivity index (χ0v) is 12.5. The Morgan fingerprint density at radius 2 is 1.76 bits per heavy atom. The van der Waals surface area contributed by atoms with Crippen LogP contribution in [0.25, 0.3) is 0 Å². The molecule has 2 heterocycles. The molecule has 110 valence electrons. The maximum atomic E-state index is 12.6. The summed E-state index contributed by atoms with van der Waals surface area (Å²) >= 11 is 0. The largest absolute Gasteiger partial charge is 0.368 e. The van der Waals surface area contributed by atoms with Crippen molar-refractivity contribution in [2.75, 3.05) is 31.1 Å². The molecule has 0 bridgehead atoms. The number of carbonyl (C=O) groups is 1. The lowest BCUT2D eigenvalue weighted by atomic mass is 10.1. The number of aryl methyl sites for hydroxylation is 2. The number of amides is 1. The van der Waals surface area contributed by atoms with Crippen molar-refractivity contribution in [2.24, 2.45) is 0 Å². The molecule has 1 aromatic carbocycles. The van der Waals surface area contributed by atoms with E-state index in [1.807, 2.05) is 36.9 Å². The van der Waals surface area contributed by atoms with Crippen LogP contribution >= 0.6 is 0 Å². The average molecular weight is 284 g/mol. The van der Waals surface area contributed by atoms with Crippen LogP contribution < -0.4 is 4.90 Å². The molecule has 0 spiro atoms. The molecule has 0 unspecified atom stereocenters. The number of hydrogen-bond acceptors (Lipinski definition) is 3. The van der Waals surface area contributed by atoms with Gasteiger partial charge in [0.25, 0.3) is 5.91 Å². The van der Waals surface area contributed by atoms with Crippen molar-refractivity contribution in [1.29, 1.82) is 0 Å². The number of anilines is 1. The second-order valence-corrected chi connectivity index (χ2v) is 5.42. The second kappa shape index (κ2) is 5.60. The van der Waals surface area contributed by atoms with Crippen LogP contribution in [-0.4, -0.2) is 47.2 Å². The number of rotatable bonds is 2.